The molecule has 3 heterocycles. The smallest absolute Gasteiger partial charge is 0.356 e. The highest BCUT2D eigenvalue weighted by Gasteiger charge is 2.29. The minimum absolute atomic E-state index is 0.0758. The largest absolute Gasteiger partial charge is 0.476 e. The molecule has 2 aromatic rings. The summed E-state index contributed by atoms with van der Waals surface area (Å²) in [5.41, 5.74) is 1.50. The van der Waals surface area contributed by atoms with Gasteiger partial charge >= 0.3 is 5.97 Å². The third kappa shape index (κ3) is 1.01. The third-order valence-corrected chi connectivity index (χ3v) is 2.67. The number of imidazole rings is 1. The molecule has 0 radical (unpaired) electrons. The second-order valence-corrected chi connectivity index (χ2v) is 3.65. The van der Waals surface area contributed by atoms with Crippen LogP contribution in [0, 0.1) is 0 Å². The van der Waals surface area contributed by atoms with Crippen molar-refractivity contribution in [1.82, 2.24) is 9.55 Å². The van der Waals surface area contributed by atoms with E-state index >= 15 is 0 Å². The van der Waals surface area contributed by atoms with E-state index < -0.39 is 5.97 Å². The second kappa shape index (κ2) is 2.88. The number of hydrogen-bond acceptors (Lipinski definition) is 4. The van der Waals surface area contributed by atoms with Crippen LogP contribution < -0.4 is 5.32 Å². The van der Waals surface area contributed by atoms with Gasteiger partial charge in [0, 0.05) is 6.07 Å². The molecule has 0 unspecified atom stereocenters. The molecule has 82 valence electrons. The predicted octanol–water partition coefficient (Wildman–Crippen LogP) is 1.65. The van der Waals surface area contributed by atoms with E-state index in [2.05, 4.69) is 10.3 Å². The maximum absolute atomic E-state index is 11.0. The number of fused-ring (bicyclic) bond motifs is 3. The lowest BCUT2D eigenvalue weighted by atomic mass is 10.1. The van der Waals surface area contributed by atoms with Gasteiger partial charge in [-0.2, -0.15) is 0 Å². The first-order valence-electron chi connectivity index (χ1n) is 4.83. The quantitative estimate of drug-likeness (QED) is 0.762. The minimum atomic E-state index is -1.02. The van der Waals surface area contributed by atoms with Crippen LogP contribution in [0.5, 0.6) is 0 Å². The Morgan fingerprint density at radius 1 is 1.69 bits per heavy atom. The highest BCUT2D eigenvalue weighted by Crippen LogP contribution is 2.34. The molecule has 6 nitrogen and oxygen atoms in total. The lowest BCUT2D eigenvalue weighted by molar-refractivity contribution is 0.0689. The summed E-state index contributed by atoms with van der Waals surface area (Å²) in [5, 5.41) is 12.1. The first kappa shape index (κ1) is 9.02. The van der Waals surface area contributed by atoms with Gasteiger partial charge in [-0.25, -0.2) is 9.78 Å². The molecule has 2 N–H and O–H groups in total. The molecule has 0 aromatic carbocycles. The second-order valence-electron chi connectivity index (χ2n) is 3.65. The van der Waals surface area contributed by atoms with E-state index in [9.17, 15) is 4.79 Å². The summed E-state index contributed by atoms with van der Waals surface area (Å²) in [6.07, 6.45) is 3.06. The SMILES string of the molecule is C[C@@H]1Nc2occc2-n2cnc(C(=O)O)c21. The van der Waals surface area contributed by atoms with Crippen molar-refractivity contribution >= 4 is 11.9 Å². The summed E-state index contributed by atoms with van der Waals surface area (Å²) < 4.78 is 6.99. The Balaban J connectivity index is 2.27. The average Bonchev–Trinajstić information content (AvgIpc) is 2.80. The van der Waals surface area contributed by atoms with Crippen molar-refractivity contribution in [2.45, 2.75) is 13.0 Å². The van der Waals surface area contributed by atoms with Crippen LogP contribution >= 0.6 is 0 Å². The van der Waals surface area contributed by atoms with Gasteiger partial charge in [0.1, 0.15) is 12.0 Å². The van der Waals surface area contributed by atoms with Crippen LogP contribution in [-0.2, 0) is 0 Å². The number of nitrogens with zero attached hydrogens (tertiary/aromatic N) is 2. The lowest BCUT2D eigenvalue weighted by Crippen LogP contribution is -2.20. The molecule has 0 amide bonds. The Labute approximate surface area is 90.5 Å². The predicted molar refractivity (Wildman–Crippen MR) is 54.8 cm³/mol. The Morgan fingerprint density at radius 2 is 2.50 bits per heavy atom. The Kier molecular flexibility index (Phi) is 1.62. The molecule has 0 spiro atoms. The summed E-state index contributed by atoms with van der Waals surface area (Å²) in [5.74, 6) is -0.385. The van der Waals surface area contributed by atoms with Gasteiger partial charge in [-0.3, -0.25) is 4.57 Å². The van der Waals surface area contributed by atoms with Crippen LogP contribution in [0.1, 0.15) is 29.1 Å². The van der Waals surface area contributed by atoms with Gasteiger partial charge in [-0.1, -0.05) is 0 Å². The van der Waals surface area contributed by atoms with Crippen molar-refractivity contribution in [3.8, 4) is 5.69 Å². The molecule has 1 aliphatic heterocycles. The van der Waals surface area contributed by atoms with Crippen molar-refractivity contribution < 1.29 is 14.3 Å². The van der Waals surface area contributed by atoms with Crippen molar-refractivity contribution in [2.75, 3.05) is 5.32 Å². The highest BCUT2D eigenvalue weighted by atomic mass is 16.4. The fraction of sp³-hybridized carbons (Fsp3) is 0.200. The fourth-order valence-corrected chi connectivity index (χ4v) is 1.99. The van der Waals surface area contributed by atoms with Gasteiger partial charge in [-0.15, -0.1) is 0 Å². The van der Waals surface area contributed by atoms with Gasteiger partial charge < -0.3 is 14.8 Å². The van der Waals surface area contributed by atoms with Gasteiger partial charge in [-0.05, 0) is 6.92 Å². The van der Waals surface area contributed by atoms with Crippen LogP contribution in [0.25, 0.3) is 5.69 Å². The lowest BCUT2D eigenvalue weighted by Gasteiger charge is -2.22. The number of aromatic nitrogens is 2. The zero-order valence-corrected chi connectivity index (χ0v) is 8.47. The number of carbonyl (C=O) groups is 1. The van der Waals surface area contributed by atoms with E-state index in [1.54, 1.807) is 16.9 Å². The molecule has 0 fully saturated rings. The first-order valence-corrected chi connectivity index (χ1v) is 4.83. The molecule has 0 saturated heterocycles. The molecule has 1 atom stereocenters. The van der Waals surface area contributed by atoms with Crippen LogP contribution in [-0.4, -0.2) is 20.6 Å². The maximum atomic E-state index is 11.0. The van der Waals surface area contributed by atoms with E-state index in [0.29, 0.717) is 11.6 Å². The molecular formula is C10H9N3O3. The normalized spacial score (nSPS) is 17.4. The number of furan rings is 1. The van der Waals surface area contributed by atoms with Crippen LogP contribution in [0.4, 0.5) is 5.88 Å². The number of rotatable bonds is 1. The van der Waals surface area contributed by atoms with Crippen LogP contribution in [0.2, 0.25) is 0 Å². The number of anilines is 1. The van der Waals surface area contributed by atoms with Crippen molar-refractivity contribution in [1.29, 1.82) is 0 Å². The molecule has 0 bridgehead atoms. The van der Waals surface area contributed by atoms with E-state index in [1.165, 1.54) is 6.33 Å². The minimum Gasteiger partial charge on any atom is -0.476 e. The average molecular weight is 219 g/mol. The monoisotopic (exact) mass is 219 g/mol. The summed E-state index contributed by atoms with van der Waals surface area (Å²) >= 11 is 0. The number of carboxylic acids is 1. The Morgan fingerprint density at radius 3 is 3.25 bits per heavy atom. The molecular weight excluding hydrogens is 210 g/mol. The summed E-state index contributed by atoms with van der Waals surface area (Å²) in [6.45, 7) is 1.87. The fourth-order valence-electron chi connectivity index (χ4n) is 1.99. The van der Waals surface area contributed by atoms with E-state index in [0.717, 1.165) is 5.69 Å². The molecule has 0 saturated carbocycles. The summed E-state index contributed by atoms with van der Waals surface area (Å²) in [4.78, 5) is 14.9. The molecule has 16 heavy (non-hydrogen) atoms. The number of carboxylic acid groups (broad SMARTS) is 1. The van der Waals surface area contributed by atoms with Gasteiger partial charge in [0.15, 0.2) is 5.69 Å². The van der Waals surface area contributed by atoms with Crippen molar-refractivity contribution in [3.63, 3.8) is 0 Å². The van der Waals surface area contributed by atoms with Gasteiger partial charge in [0.2, 0.25) is 5.88 Å². The zero-order chi connectivity index (χ0) is 11.3. The zero-order valence-electron chi connectivity index (χ0n) is 8.47. The Hall–Kier alpha value is -2.24. The number of aromatic carboxylic acids is 1. The van der Waals surface area contributed by atoms with Crippen molar-refractivity contribution in [3.05, 3.63) is 30.0 Å². The first-order chi connectivity index (χ1) is 7.68. The van der Waals surface area contributed by atoms with E-state index in [1.807, 2.05) is 6.92 Å². The van der Waals surface area contributed by atoms with Gasteiger partial charge in [0.25, 0.3) is 0 Å². The van der Waals surface area contributed by atoms with Crippen LogP contribution in [0.15, 0.2) is 23.1 Å². The Bertz CT molecular complexity index is 570. The number of nitrogens with one attached hydrogen (secondary N) is 1. The summed E-state index contributed by atoms with van der Waals surface area (Å²) in [7, 11) is 0. The molecule has 0 aliphatic carbocycles. The third-order valence-electron chi connectivity index (χ3n) is 2.67. The number of hydrogen-bond donors (Lipinski definition) is 2. The molecule has 3 rings (SSSR count). The topological polar surface area (TPSA) is 80.3 Å². The molecule has 2 aromatic heterocycles. The van der Waals surface area contributed by atoms with Gasteiger partial charge in [0.05, 0.1) is 18.0 Å². The molecule has 1 aliphatic rings. The van der Waals surface area contributed by atoms with E-state index in [-0.39, 0.29) is 11.7 Å². The van der Waals surface area contributed by atoms with E-state index in [4.69, 9.17) is 9.52 Å². The standard InChI is InChI=1S/C10H9N3O3/c1-5-8-7(10(14)15)11-4-13(8)6-2-3-16-9(6)12-5/h2-5,12H,1H3,(H,14,15)/t5-/m0/s1. The highest BCUT2D eigenvalue weighted by molar-refractivity contribution is 5.87. The molecule has 6 heteroatoms. The van der Waals surface area contributed by atoms with Crippen LogP contribution in [0.3, 0.4) is 0 Å². The summed E-state index contributed by atoms with van der Waals surface area (Å²) in [6, 6.07) is 1.62. The maximum Gasteiger partial charge on any atom is 0.356 e. The van der Waals surface area contributed by atoms with Crippen molar-refractivity contribution in [2.24, 2.45) is 0 Å².